The standard InChI is InChI=1S/C13H18N4O/c1-17(13(18)3-2-6-14)8-10-4-5-11-12(7-10)16-9-15-11/h4-5,7,9H,2-3,6,8,14H2,1H3,(H,15,16). The molecular weight excluding hydrogens is 228 g/mol. The highest BCUT2D eigenvalue weighted by Crippen LogP contribution is 2.13. The molecule has 0 aliphatic heterocycles. The van der Waals surface area contributed by atoms with Crippen molar-refractivity contribution in [2.75, 3.05) is 13.6 Å². The maximum Gasteiger partial charge on any atom is 0.222 e. The zero-order chi connectivity index (χ0) is 13.0. The molecule has 2 aromatic rings. The molecule has 0 radical (unpaired) electrons. The maximum absolute atomic E-state index is 11.8. The van der Waals surface area contributed by atoms with Gasteiger partial charge in [-0.25, -0.2) is 4.98 Å². The molecule has 1 heterocycles. The van der Waals surface area contributed by atoms with E-state index in [9.17, 15) is 4.79 Å². The fourth-order valence-corrected chi connectivity index (χ4v) is 1.89. The van der Waals surface area contributed by atoms with Crippen LogP contribution in [0.2, 0.25) is 0 Å². The van der Waals surface area contributed by atoms with Crippen molar-refractivity contribution in [2.45, 2.75) is 19.4 Å². The molecule has 1 amide bonds. The van der Waals surface area contributed by atoms with Gasteiger partial charge in [-0.05, 0) is 30.7 Å². The van der Waals surface area contributed by atoms with Gasteiger partial charge in [0.2, 0.25) is 5.91 Å². The molecule has 0 atom stereocenters. The third-order valence-corrected chi connectivity index (χ3v) is 2.92. The number of benzene rings is 1. The van der Waals surface area contributed by atoms with Gasteiger partial charge in [-0.15, -0.1) is 0 Å². The summed E-state index contributed by atoms with van der Waals surface area (Å²) in [5, 5.41) is 0. The van der Waals surface area contributed by atoms with Gasteiger partial charge < -0.3 is 15.6 Å². The number of nitrogens with zero attached hydrogens (tertiary/aromatic N) is 2. The van der Waals surface area contributed by atoms with Crippen LogP contribution in [0.25, 0.3) is 11.0 Å². The Labute approximate surface area is 106 Å². The Morgan fingerprint density at radius 3 is 3.11 bits per heavy atom. The van der Waals surface area contributed by atoms with Crippen LogP contribution >= 0.6 is 0 Å². The molecule has 1 aromatic heterocycles. The molecule has 3 N–H and O–H groups in total. The van der Waals surface area contributed by atoms with E-state index in [1.54, 1.807) is 11.2 Å². The van der Waals surface area contributed by atoms with Crippen molar-refractivity contribution in [1.82, 2.24) is 14.9 Å². The molecule has 0 saturated heterocycles. The van der Waals surface area contributed by atoms with Crippen molar-refractivity contribution in [3.8, 4) is 0 Å². The number of nitrogens with one attached hydrogen (secondary N) is 1. The van der Waals surface area contributed by atoms with Gasteiger partial charge in [0.15, 0.2) is 0 Å². The Balaban J connectivity index is 2.01. The summed E-state index contributed by atoms with van der Waals surface area (Å²) in [5.41, 5.74) is 8.43. The molecule has 18 heavy (non-hydrogen) atoms. The number of H-pyrrole nitrogens is 1. The highest BCUT2D eigenvalue weighted by Gasteiger charge is 2.09. The van der Waals surface area contributed by atoms with E-state index in [4.69, 9.17) is 5.73 Å². The van der Waals surface area contributed by atoms with E-state index < -0.39 is 0 Å². The minimum absolute atomic E-state index is 0.130. The minimum atomic E-state index is 0.130. The number of hydrogen-bond donors (Lipinski definition) is 2. The number of fused-ring (bicyclic) bond motifs is 1. The smallest absolute Gasteiger partial charge is 0.222 e. The Bertz CT molecular complexity index is 535. The Morgan fingerprint density at radius 2 is 2.33 bits per heavy atom. The van der Waals surface area contributed by atoms with Crippen molar-refractivity contribution in [1.29, 1.82) is 0 Å². The highest BCUT2D eigenvalue weighted by molar-refractivity contribution is 5.77. The molecule has 0 bridgehead atoms. The van der Waals surface area contributed by atoms with Crippen LogP contribution in [0.1, 0.15) is 18.4 Å². The third kappa shape index (κ3) is 2.87. The van der Waals surface area contributed by atoms with Gasteiger partial charge in [0.05, 0.1) is 17.4 Å². The van der Waals surface area contributed by atoms with E-state index in [-0.39, 0.29) is 5.91 Å². The van der Waals surface area contributed by atoms with Crippen LogP contribution in [0.3, 0.4) is 0 Å². The van der Waals surface area contributed by atoms with Gasteiger partial charge in [0.1, 0.15) is 0 Å². The lowest BCUT2D eigenvalue weighted by molar-refractivity contribution is -0.130. The molecule has 96 valence electrons. The summed E-state index contributed by atoms with van der Waals surface area (Å²) in [6, 6.07) is 5.98. The molecule has 0 saturated carbocycles. The second-order valence-electron chi connectivity index (χ2n) is 4.40. The molecule has 0 aliphatic rings. The molecule has 0 spiro atoms. The van der Waals surface area contributed by atoms with E-state index in [0.717, 1.165) is 23.0 Å². The predicted octanol–water partition coefficient (Wildman–Crippen LogP) is 1.26. The molecule has 0 unspecified atom stereocenters. The summed E-state index contributed by atoms with van der Waals surface area (Å²) in [6.45, 7) is 1.16. The topological polar surface area (TPSA) is 75.0 Å². The SMILES string of the molecule is CN(Cc1ccc2nc[nH]c2c1)C(=O)CCCN. The van der Waals surface area contributed by atoms with Crippen LogP contribution in [-0.2, 0) is 11.3 Å². The summed E-state index contributed by atoms with van der Waals surface area (Å²) >= 11 is 0. The number of amides is 1. The van der Waals surface area contributed by atoms with Crippen molar-refractivity contribution >= 4 is 16.9 Å². The molecular formula is C13H18N4O. The number of nitrogens with two attached hydrogens (primary N) is 1. The molecule has 0 aliphatic carbocycles. The Hall–Kier alpha value is -1.88. The van der Waals surface area contributed by atoms with Crippen molar-refractivity contribution in [3.05, 3.63) is 30.1 Å². The summed E-state index contributed by atoms with van der Waals surface area (Å²) in [6.07, 6.45) is 2.92. The van der Waals surface area contributed by atoms with Crippen molar-refractivity contribution in [2.24, 2.45) is 5.73 Å². The zero-order valence-electron chi connectivity index (χ0n) is 10.5. The molecule has 5 nitrogen and oxygen atoms in total. The number of carbonyl (C=O) groups is 1. The van der Waals surface area contributed by atoms with Crippen LogP contribution in [0.5, 0.6) is 0 Å². The highest BCUT2D eigenvalue weighted by atomic mass is 16.2. The monoisotopic (exact) mass is 246 g/mol. The van der Waals surface area contributed by atoms with Crippen molar-refractivity contribution < 1.29 is 4.79 Å². The van der Waals surface area contributed by atoms with Gasteiger partial charge in [0, 0.05) is 20.0 Å². The van der Waals surface area contributed by atoms with E-state index in [1.807, 2.05) is 25.2 Å². The number of carbonyl (C=O) groups excluding carboxylic acids is 1. The maximum atomic E-state index is 11.8. The first-order valence-electron chi connectivity index (χ1n) is 6.07. The first-order valence-corrected chi connectivity index (χ1v) is 6.07. The van der Waals surface area contributed by atoms with Crippen LogP contribution in [0.4, 0.5) is 0 Å². The first-order chi connectivity index (χ1) is 8.70. The predicted molar refractivity (Wildman–Crippen MR) is 70.9 cm³/mol. The lowest BCUT2D eigenvalue weighted by atomic mass is 10.2. The largest absolute Gasteiger partial charge is 0.345 e. The minimum Gasteiger partial charge on any atom is -0.345 e. The molecule has 1 aromatic carbocycles. The Kier molecular flexibility index (Phi) is 3.94. The summed E-state index contributed by atoms with van der Waals surface area (Å²) in [7, 11) is 1.82. The second kappa shape index (κ2) is 5.64. The van der Waals surface area contributed by atoms with Crippen LogP contribution in [-0.4, -0.2) is 34.4 Å². The summed E-state index contributed by atoms with van der Waals surface area (Å²) in [4.78, 5) is 20.7. The molecule has 5 heteroatoms. The van der Waals surface area contributed by atoms with Gasteiger partial charge in [-0.2, -0.15) is 0 Å². The summed E-state index contributed by atoms with van der Waals surface area (Å²) in [5.74, 6) is 0.130. The average Bonchev–Trinajstić information content (AvgIpc) is 2.83. The number of aromatic nitrogens is 2. The van der Waals surface area contributed by atoms with Gasteiger partial charge in [-0.1, -0.05) is 6.07 Å². The molecule has 2 rings (SSSR count). The lowest BCUT2D eigenvalue weighted by Crippen LogP contribution is -2.26. The fourth-order valence-electron chi connectivity index (χ4n) is 1.89. The fraction of sp³-hybridized carbons (Fsp3) is 0.385. The second-order valence-corrected chi connectivity index (χ2v) is 4.40. The number of imidazole rings is 1. The molecule has 0 fully saturated rings. The third-order valence-electron chi connectivity index (χ3n) is 2.92. The first kappa shape index (κ1) is 12.6. The van der Waals surface area contributed by atoms with E-state index in [2.05, 4.69) is 9.97 Å². The quantitative estimate of drug-likeness (QED) is 0.834. The van der Waals surface area contributed by atoms with Gasteiger partial charge >= 0.3 is 0 Å². The zero-order valence-corrected chi connectivity index (χ0v) is 10.5. The van der Waals surface area contributed by atoms with E-state index in [1.165, 1.54) is 0 Å². The van der Waals surface area contributed by atoms with E-state index >= 15 is 0 Å². The van der Waals surface area contributed by atoms with Crippen LogP contribution < -0.4 is 5.73 Å². The van der Waals surface area contributed by atoms with Gasteiger partial charge in [-0.3, -0.25) is 4.79 Å². The summed E-state index contributed by atoms with van der Waals surface area (Å²) < 4.78 is 0. The average molecular weight is 246 g/mol. The Morgan fingerprint density at radius 1 is 1.50 bits per heavy atom. The van der Waals surface area contributed by atoms with Crippen LogP contribution in [0, 0.1) is 0 Å². The van der Waals surface area contributed by atoms with Crippen LogP contribution in [0.15, 0.2) is 24.5 Å². The number of rotatable bonds is 5. The van der Waals surface area contributed by atoms with Crippen molar-refractivity contribution in [3.63, 3.8) is 0 Å². The normalized spacial score (nSPS) is 10.8. The lowest BCUT2D eigenvalue weighted by Gasteiger charge is -2.17. The number of aromatic amines is 1. The number of hydrogen-bond acceptors (Lipinski definition) is 3. The van der Waals surface area contributed by atoms with Gasteiger partial charge in [0.25, 0.3) is 0 Å². The van der Waals surface area contributed by atoms with E-state index in [0.29, 0.717) is 19.5 Å².